The highest BCUT2D eigenvalue weighted by Crippen LogP contribution is 2.40. The number of nitrogens with two attached hydrogens (primary N) is 1. The first-order chi connectivity index (χ1) is 9.07. The zero-order chi connectivity index (χ0) is 13.5. The van der Waals surface area contributed by atoms with Crippen LogP contribution in [0.3, 0.4) is 0 Å². The van der Waals surface area contributed by atoms with Crippen molar-refractivity contribution < 1.29 is 5.11 Å². The lowest BCUT2D eigenvalue weighted by molar-refractivity contribution is 0.0390. The standard InChI is InChI=1S/C17H19NO/c1-12-3-2-4-13(9-12)11-17(19)8-7-14-10-15(18)5-6-16(14)17/h2-6,9-10,19H,7-8,11,18H2,1H3. The van der Waals surface area contributed by atoms with E-state index in [4.69, 9.17) is 5.73 Å². The summed E-state index contributed by atoms with van der Waals surface area (Å²) in [7, 11) is 0. The van der Waals surface area contributed by atoms with Gasteiger partial charge in [0.05, 0.1) is 5.60 Å². The van der Waals surface area contributed by atoms with Crippen LogP contribution in [0.2, 0.25) is 0 Å². The maximum atomic E-state index is 10.9. The third-order valence-electron chi connectivity index (χ3n) is 4.02. The van der Waals surface area contributed by atoms with Gasteiger partial charge >= 0.3 is 0 Å². The molecule has 0 saturated heterocycles. The van der Waals surface area contributed by atoms with Crippen LogP contribution in [0.5, 0.6) is 0 Å². The van der Waals surface area contributed by atoms with E-state index in [1.807, 2.05) is 24.3 Å². The molecule has 98 valence electrons. The summed E-state index contributed by atoms with van der Waals surface area (Å²) in [5, 5.41) is 10.9. The largest absolute Gasteiger partial charge is 0.399 e. The quantitative estimate of drug-likeness (QED) is 0.808. The van der Waals surface area contributed by atoms with Gasteiger partial charge in [0.1, 0.15) is 0 Å². The molecule has 3 rings (SSSR count). The lowest BCUT2D eigenvalue weighted by Gasteiger charge is -2.24. The van der Waals surface area contributed by atoms with Gasteiger partial charge in [0.2, 0.25) is 0 Å². The molecule has 0 spiro atoms. The van der Waals surface area contributed by atoms with Gasteiger partial charge in [-0.05, 0) is 48.6 Å². The molecule has 0 heterocycles. The minimum Gasteiger partial charge on any atom is -0.399 e. The van der Waals surface area contributed by atoms with Crippen molar-refractivity contribution >= 4 is 5.69 Å². The molecule has 0 fully saturated rings. The number of fused-ring (bicyclic) bond motifs is 1. The van der Waals surface area contributed by atoms with Crippen LogP contribution in [0.4, 0.5) is 5.69 Å². The van der Waals surface area contributed by atoms with Crippen molar-refractivity contribution in [2.45, 2.75) is 31.8 Å². The molecule has 1 aliphatic rings. The molecule has 2 heteroatoms. The Morgan fingerprint density at radius 2 is 2.05 bits per heavy atom. The molecule has 0 saturated carbocycles. The molecule has 0 bridgehead atoms. The van der Waals surface area contributed by atoms with E-state index in [0.717, 1.165) is 24.1 Å². The number of rotatable bonds is 2. The number of nitrogen functional groups attached to an aromatic ring is 1. The van der Waals surface area contributed by atoms with Crippen molar-refractivity contribution in [3.8, 4) is 0 Å². The number of hydrogen-bond donors (Lipinski definition) is 2. The first kappa shape index (κ1) is 12.2. The fourth-order valence-electron chi connectivity index (χ4n) is 3.09. The molecule has 0 aliphatic heterocycles. The molecule has 3 N–H and O–H groups in total. The minimum atomic E-state index is -0.739. The van der Waals surface area contributed by atoms with Crippen molar-refractivity contribution in [1.29, 1.82) is 0 Å². The predicted molar refractivity (Wildman–Crippen MR) is 78.0 cm³/mol. The summed E-state index contributed by atoms with van der Waals surface area (Å²) in [4.78, 5) is 0. The van der Waals surface area contributed by atoms with Gasteiger partial charge in [-0.25, -0.2) is 0 Å². The van der Waals surface area contributed by atoms with Crippen LogP contribution in [-0.2, 0) is 18.4 Å². The summed E-state index contributed by atoms with van der Waals surface area (Å²) >= 11 is 0. The Balaban J connectivity index is 1.94. The molecule has 2 aromatic carbocycles. The molecule has 0 amide bonds. The van der Waals surface area contributed by atoms with Gasteiger partial charge in [-0.15, -0.1) is 0 Å². The van der Waals surface area contributed by atoms with Gasteiger partial charge in [0.25, 0.3) is 0 Å². The highest BCUT2D eigenvalue weighted by molar-refractivity contribution is 5.49. The first-order valence-electron chi connectivity index (χ1n) is 6.74. The van der Waals surface area contributed by atoms with Crippen LogP contribution in [0, 0.1) is 6.92 Å². The second-order valence-corrected chi connectivity index (χ2v) is 5.61. The highest BCUT2D eigenvalue weighted by atomic mass is 16.3. The molecule has 2 nitrogen and oxygen atoms in total. The van der Waals surface area contributed by atoms with E-state index in [1.54, 1.807) is 0 Å². The summed E-state index contributed by atoms with van der Waals surface area (Å²) in [5.41, 5.74) is 10.5. The Bertz CT molecular complexity index is 620. The molecule has 1 aliphatic carbocycles. The van der Waals surface area contributed by atoms with Crippen molar-refractivity contribution in [2.24, 2.45) is 0 Å². The van der Waals surface area contributed by atoms with Crippen LogP contribution < -0.4 is 5.73 Å². The highest BCUT2D eigenvalue weighted by Gasteiger charge is 2.36. The summed E-state index contributed by atoms with van der Waals surface area (Å²) in [5.74, 6) is 0. The Morgan fingerprint density at radius 3 is 2.84 bits per heavy atom. The topological polar surface area (TPSA) is 46.2 Å². The SMILES string of the molecule is Cc1cccc(CC2(O)CCc3cc(N)ccc32)c1. The van der Waals surface area contributed by atoms with Gasteiger partial charge in [-0.3, -0.25) is 0 Å². The second-order valence-electron chi connectivity index (χ2n) is 5.61. The third-order valence-corrected chi connectivity index (χ3v) is 4.02. The van der Waals surface area contributed by atoms with Crippen LogP contribution in [0.15, 0.2) is 42.5 Å². The monoisotopic (exact) mass is 253 g/mol. The summed E-state index contributed by atoms with van der Waals surface area (Å²) in [6, 6.07) is 14.2. The van der Waals surface area contributed by atoms with Crippen molar-refractivity contribution in [3.63, 3.8) is 0 Å². The number of anilines is 1. The molecular formula is C17H19NO. The minimum absolute atomic E-state index is 0.672. The van der Waals surface area contributed by atoms with E-state index >= 15 is 0 Å². The van der Waals surface area contributed by atoms with Crippen molar-refractivity contribution in [1.82, 2.24) is 0 Å². The Morgan fingerprint density at radius 1 is 1.21 bits per heavy atom. The number of aryl methyl sites for hydroxylation is 2. The normalized spacial score (nSPS) is 21.4. The average Bonchev–Trinajstić information content (AvgIpc) is 2.66. The van der Waals surface area contributed by atoms with E-state index < -0.39 is 5.60 Å². The molecule has 1 atom stereocenters. The summed E-state index contributed by atoms with van der Waals surface area (Å²) < 4.78 is 0. The Kier molecular flexibility index (Phi) is 2.83. The summed E-state index contributed by atoms with van der Waals surface area (Å²) in [6.45, 7) is 2.08. The molecule has 19 heavy (non-hydrogen) atoms. The van der Waals surface area contributed by atoms with E-state index in [1.165, 1.54) is 16.7 Å². The Labute approximate surface area is 113 Å². The molecular weight excluding hydrogens is 234 g/mol. The van der Waals surface area contributed by atoms with Gasteiger partial charge in [0, 0.05) is 12.1 Å². The predicted octanol–water partition coefficient (Wildman–Crippen LogP) is 2.95. The van der Waals surface area contributed by atoms with Crippen LogP contribution in [0.25, 0.3) is 0 Å². The van der Waals surface area contributed by atoms with Gasteiger partial charge in [0.15, 0.2) is 0 Å². The molecule has 0 aromatic heterocycles. The van der Waals surface area contributed by atoms with Crippen molar-refractivity contribution in [3.05, 3.63) is 64.7 Å². The van der Waals surface area contributed by atoms with Crippen LogP contribution >= 0.6 is 0 Å². The lowest BCUT2D eigenvalue weighted by Crippen LogP contribution is -2.25. The fourth-order valence-corrected chi connectivity index (χ4v) is 3.09. The lowest BCUT2D eigenvalue weighted by atomic mass is 9.88. The maximum Gasteiger partial charge on any atom is 0.0942 e. The van der Waals surface area contributed by atoms with E-state index in [9.17, 15) is 5.11 Å². The molecule has 2 aromatic rings. The van der Waals surface area contributed by atoms with Crippen molar-refractivity contribution in [2.75, 3.05) is 5.73 Å². The average molecular weight is 253 g/mol. The zero-order valence-corrected chi connectivity index (χ0v) is 11.2. The second kappa shape index (κ2) is 4.39. The maximum absolute atomic E-state index is 10.9. The van der Waals surface area contributed by atoms with Crippen LogP contribution in [-0.4, -0.2) is 5.11 Å². The summed E-state index contributed by atoms with van der Waals surface area (Å²) in [6.07, 6.45) is 2.36. The van der Waals surface area contributed by atoms with Crippen LogP contribution in [0.1, 0.15) is 28.7 Å². The van der Waals surface area contributed by atoms with Gasteiger partial charge < -0.3 is 10.8 Å². The van der Waals surface area contributed by atoms with Gasteiger partial charge in [-0.2, -0.15) is 0 Å². The number of aliphatic hydroxyl groups is 1. The Hall–Kier alpha value is -1.80. The molecule has 0 radical (unpaired) electrons. The van der Waals surface area contributed by atoms with E-state index in [-0.39, 0.29) is 0 Å². The van der Waals surface area contributed by atoms with E-state index in [0.29, 0.717) is 6.42 Å². The van der Waals surface area contributed by atoms with Gasteiger partial charge in [-0.1, -0.05) is 35.9 Å². The first-order valence-corrected chi connectivity index (χ1v) is 6.74. The third kappa shape index (κ3) is 2.24. The zero-order valence-electron chi connectivity index (χ0n) is 11.2. The molecule has 1 unspecified atom stereocenters. The number of benzene rings is 2. The number of hydrogen-bond acceptors (Lipinski definition) is 2. The smallest absolute Gasteiger partial charge is 0.0942 e. The van der Waals surface area contributed by atoms with E-state index in [2.05, 4.69) is 25.1 Å². The fraction of sp³-hybridized carbons (Fsp3) is 0.294.